The van der Waals surface area contributed by atoms with E-state index in [-0.39, 0.29) is 25.2 Å². The van der Waals surface area contributed by atoms with Gasteiger partial charge >= 0.3 is 5.97 Å². The summed E-state index contributed by atoms with van der Waals surface area (Å²) in [6, 6.07) is 3.71. The molecule has 1 fully saturated rings. The Kier molecular flexibility index (Phi) is 4.04. The highest BCUT2D eigenvalue weighted by Gasteiger charge is 2.44. The standard InChI is InChI=1S/C12H11FINO4/c13-7-1-2-8(9(14)5-7)10(16)15-12(11(17)18)3-4-19-6-12/h1-2,5H,3-4,6H2,(H,15,16)(H,17,18). The molecule has 1 aromatic carbocycles. The van der Waals surface area contributed by atoms with Crippen molar-refractivity contribution in [3.05, 3.63) is 33.1 Å². The van der Waals surface area contributed by atoms with Gasteiger partial charge in [0.2, 0.25) is 0 Å². The van der Waals surface area contributed by atoms with Gasteiger partial charge in [0.15, 0.2) is 5.54 Å². The number of carbonyl (C=O) groups is 2. The first-order valence-electron chi connectivity index (χ1n) is 5.53. The maximum atomic E-state index is 13.0. The van der Waals surface area contributed by atoms with Crippen LogP contribution in [0, 0.1) is 9.39 Å². The lowest BCUT2D eigenvalue weighted by Gasteiger charge is -2.23. The van der Waals surface area contributed by atoms with Crippen LogP contribution in [0.25, 0.3) is 0 Å². The minimum absolute atomic E-state index is 0.0636. The van der Waals surface area contributed by atoms with E-state index >= 15 is 0 Å². The zero-order valence-electron chi connectivity index (χ0n) is 9.78. The van der Waals surface area contributed by atoms with Crippen LogP contribution < -0.4 is 5.32 Å². The molecule has 0 spiro atoms. The number of carboxylic acid groups (broad SMARTS) is 1. The molecule has 2 rings (SSSR count). The molecule has 1 aromatic rings. The summed E-state index contributed by atoms with van der Waals surface area (Å²) in [6.45, 7) is 0.221. The molecular weight excluding hydrogens is 368 g/mol. The van der Waals surface area contributed by atoms with E-state index in [9.17, 15) is 19.1 Å². The number of hydrogen-bond donors (Lipinski definition) is 2. The molecule has 0 bridgehead atoms. The van der Waals surface area contributed by atoms with Gasteiger partial charge in [-0.1, -0.05) is 0 Å². The highest BCUT2D eigenvalue weighted by atomic mass is 127. The second-order valence-corrected chi connectivity index (χ2v) is 5.43. The van der Waals surface area contributed by atoms with Gasteiger partial charge in [-0.05, 0) is 40.8 Å². The average Bonchev–Trinajstić information content (AvgIpc) is 2.78. The van der Waals surface area contributed by atoms with Crippen LogP contribution in [0.3, 0.4) is 0 Å². The molecule has 7 heteroatoms. The SMILES string of the molecule is O=C(NC1(C(=O)O)CCOC1)c1ccc(F)cc1I. The first kappa shape index (κ1) is 14.2. The second-order valence-electron chi connectivity index (χ2n) is 4.27. The van der Waals surface area contributed by atoms with Gasteiger partial charge in [0, 0.05) is 16.6 Å². The van der Waals surface area contributed by atoms with Crippen molar-refractivity contribution in [2.75, 3.05) is 13.2 Å². The van der Waals surface area contributed by atoms with Crippen LogP contribution >= 0.6 is 22.6 Å². The third kappa shape index (κ3) is 2.86. The maximum absolute atomic E-state index is 13.0. The highest BCUT2D eigenvalue weighted by molar-refractivity contribution is 14.1. The molecule has 0 aromatic heterocycles. The molecule has 1 amide bonds. The summed E-state index contributed by atoms with van der Waals surface area (Å²) >= 11 is 1.83. The summed E-state index contributed by atoms with van der Waals surface area (Å²) in [5.41, 5.74) is -1.15. The van der Waals surface area contributed by atoms with Gasteiger partial charge in [-0.3, -0.25) is 4.79 Å². The number of nitrogens with one attached hydrogen (secondary N) is 1. The third-order valence-corrected chi connectivity index (χ3v) is 3.85. The largest absolute Gasteiger partial charge is 0.479 e. The van der Waals surface area contributed by atoms with Crippen LogP contribution in [0.15, 0.2) is 18.2 Å². The van der Waals surface area contributed by atoms with Gasteiger partial charge in [0.25, 0.3) is 5.91 Å². The van der Waals surface area contributed by atoms with Crippen molar-refractivity contribution < 1.29 is 23.8 Å². The van der Waals surface area contributed by atoms with Crippen LogP contribution in [0.5, 0.6) is 0 Å². The van der Waals surface area contributed by atoms with Crippen molar-refractivity contribution in [1.82, 2.24) is 5.32 Å². The van der Waals surface area contributed by atoms with E-state index in [1.54, 1.807) is 0 Å². The van der Waals surface area contributed by atoms with Gasteiger partial charge < -0.3 is 15.2 Å². The molecule has 102 valence electrons. The number of aliphatic carboxylic acids is 1. The first-order chi connectivity index (χ1) is 8.94. The first-order valence-corrected chi connectivity index (χ1v) is 6.61. The number of rotatable bonds is 3. The van der Waals surface area contributed by atoms with E-state index in [1.807, 2.05) is 22.6 Å². The molecule has 0 saturated carbocycles. The Hall–Kier alpha value is -1.22. The number of halogens is 2. The summed E-state index contributed by atoms with van der Waals surface area (Å²) in [7, 11) is 0. The second kappa shape index (κ2) is 5.41. The maximum Gasteiger partial charge on any atom is 0.331 e. The number of carbonyl (C=O) groups excluding carboxylic acids is 1. The lowest BCUT2D eigenvalue weighted by atomic mass is 9.98. The number of ether oxygens (including phenoxy) is 1. The minimum Gasteiger partial charge on any atom is -0.479 e. The number of carboxylic acids is 1. The van der Waals surface area contributed by atoms with E-state index in [0.29, 0.717) is 3.57 Å². The molecule has 1 aliphatic rings. The molecular formula is C12H11FINO4. The van der Waals surface area contributed by atoms with Crippen LogP contribution in [0.1, 0.15) is 16.8 Å². The zero-order chi connectivity index (χ0) is 14.0. The average molecular weight is 379 g/mol. The predicted octanol–water partition coefficient (Wildman–Crippen LogP) is 1.40. The lowest BCUT2D eigenvalue weighted by molar-refractivity contribution is -0.144. The Bertz CT molecular complexity index is 528. The smallest absolute Gasteiger partial charge is 0.331 e. The van der Waals surface area contributed by atoms with Crippen molar-refractivity contribution in [3.8, 4) is 0 Å². The molecule has 1 heterocycles. The number of amides is 1. The summed E-state index contributed by atoms with van der Waals surface area (Å²) in [5.74, 6) is -2.12. The Morgan fingerprint density at radius 3 is 2.74 bits per heavy atom. The lowest BCUT2D eigenvalue weighted by Crippen LogP contribution is -2.55. The summed E-state index contributed by atoms with van der Waals surface area (Å²) in [6.07, 6.45) is 0.214. The summed E-state index contributed by atoms with van der Waals surface area (Å²) in [4.78, 5) is 23.4. The molecule has 0 aliphatic carbocycles. The van der Waals surface area contributed by atoms with Crippen LogP contribution in [-0.4, -0.2) is 35.7 Å². The van der Waals surface area contributed by atoms with Crippen molar-refractivity contribution in [2.24, 2.45) is 0 Å². The van der Waals surface area contributed by atoms with Gasteiger partial charge in [0.1, 0.15) is 5.82 Å². The summed E-state index contributed by atoms with van der Waals surface area (Å²) in [5, 5.41) is 11.7. The van der Waals surface area contributed by atoms with Crippen molar-refractivity contribution >= 4 is 34.5 Å². The van der Waals surface area contributed by atoms with Gasteiger partial charge in [-0.15, -0.1) is 0 Å². The number of benzene rings is 1. The van der Waals surface area contributed by atoms with Crippen molar-refractivity contribution in [2.45, 2.75) is 12.0 Å². The fourth-order valence-electron chi connectivity index (χ4n) is 1.84. The monoisotopic (exact) mass is 379 g/mol. The van der Waals surface area contributed by atoms with Crippen molar-refractivity contribution in [3.63, 3.8) is 0 Å². The molecule has 1 atom stereocenters. The number of hydrogen-bond acceptors (Lipinski definition) is 3. The fourth-order valence-corrected chi connectivity index (χ4v) is 2.57. The van der Waals surface area contributed by atoms with E-state index in [4.69, 9.17) is 4.74 Å². The van der Waals surface area contributed by atoms with Gasteiger partial charge in [0.05, 0.1) is 12.2 Å². The van der Waals surface area contributed by atoms with Crippen LogP contribution in [0.4, 0.5) is 4.39 Å². The quantitative estimate of drug-likeness (QED) is 0.779. The van der Waals surface area contributed by atoms with Crippen LogP contribution in [0.2, 0.25) is 0 Å². The molecule has 1 saturated heterocycles. The minimum atomic E-state index is -1.39. The normalized spacial score (nSPS) is 22.2. The Morgan fingerprint density at radius 1 is 1.47 bits per heavy atom. The topological polar surface area (TPSA) is 75.6 Å². The summed E-state index contributed by atoms with van der Waals surface area (Å²) < 4.78 is 18.4. The van der Waals surface area contributed by atoms with E-state index in [0.717, 1.165) is 6.07 Å². The fraction of sp³-hybridized carbons (Fsp3) is 0.333. The van der Waals surface area contributed by atoms with Crippen molar-refractivity contribution in [1.29, 1.82) is 0 Å². The Balaban J connectivity index is 2.22. The molecule has 2 N–H and O–H groups in total. The molecule has 0 radical (unpaired) electrons. The van der Waals surface area contributed by atoms with Gasteiger partial charge in [-0.25, -0.2) is 9.18 Å². The van der Waals surface area contributed by atoms with Crippen LogP contribution in [-0.2, 0) is 9.53 Å². The zero-order valence-corrected chi connectivity index (χ0v) is 11.9. The van der Waals surface area contributed by atoms with E-state index < -0.39 is 23.2 Å². The van der Waals surface area contributed by atoms with E-state index in [1.165, 1.54) is 12.1 Å². The predicted molar refractivity (Wildman–Crippen MR) is 72.4 cm³/mol. The Morgan fingerprint density at radius 2 is 2.21 bits per heavy atom. The Labute approximate surface area is 122 Å². The van der Waals surface area contributed by atoms with Gasteiger partial charge in [-0.2, -0.15) is 0 Å². The molecule has 1 unspecified atom stereocenters. The molecule has 1 aliphatic heterocycles. The van der Waals surface area contributed by atoms with E-state index in [2.05, 4.69) is 5.32 Å². The highest BCUT2D eigenvalue weighted by Crippen LogP contribution is 2.21. The molecule has 5 nitrogen and oxygen atoms in total. The third-order valence-electron chi connectivity index (χ3n) is 2.96. The molecule has 19 heavy (non-hydrogen) atoms.